The van der Waals surface area contributed by atoms with E-state index in [-0.39, 0.29) is 12.4 Å². The molecule has 2 aromatic carbocycles. The molecule has 0 amide bonds. The van der Waals surface area contributed by atoms with Gasteiger partial charge in [-0.15, -0.1) is 12.4 Å². The fourth-order valence-corrected chi connectivity index (χ4v) is 2.96. The van der Waals surface area contributed by atoms with Crippen molar-refractivity contribution in [3.8, 4) is 11.1 Å². The predicted molar refractivity (Wildman–Crippen MR) is 86.4 cm³/mol. The lowest BCUT2D eigenvalue weighted by atomic mass is 10.0. The van der Waals surface area contributed by atoms with Crippen LogP contribution in [-0.2, 0) is 13.0 Å². The maximum atomic E-state index is 3.55. The van der Waals surface area contributed by atoms with Crippen molar-refractivity contribution in [3.05, 3.63) is 59.8 Å². The first-order chi connectivity index (χ1) is 9.42. The molecular formula is C17H17ClN2. The largest absolute Gasteiger partial charge is 0.358 e. The van der Waals surface area contributed by atoms with Crippen molar-refractivity contribution in [1.82, 2.24) is 10.3 Å². The summed E-state index contributed by atoms with van der Waals surface area (Å²) in [5, 5.41) is 4.82. The van der Waals surface area contributed by atoms with Crippen molar-refractivity contribution in [2.45, 2.75) is 13.0 Å². The Balaban J connectivity index is 0.00000121. The van der Waals surface area contributed by atoms with E-state index in [1.165, 1.54) is 33.3 Å². The van der Waals surface area contributed by atoms with Crippen LogP contribution < -0.4 is 5.32 Å². The lowest BCUT2D eigenvalue weighted by molar-refractivity contribution is 0.641. The predicted octanol–water partition coefficient (Wildman–Crippen LogP) is 3.90. The summed E-state index contributed by atoms with van der Waals surface area (Å²) in [6.45, 7) is 2.05. The number of fused-ring (bicyclic) bond motifs is 3. The van der Waals surface area contributed by atoms with E-state index in [1.54, 1.807) is 0 Å². The quantitative estimate of drug-likeness (QED) is 0.697. The standard InChI is InChI=1S/C17H16N2.ClH/c1-2-4-12(5-3-1)13-6-7-16-14(10-13)15-11-18-9-8-17(15)19-16;/h1-7,10,18-19H,8-9,11H2;1H. The third kappa shape index (κ3) is 2.11. The second-order valence-electron chi connectivity index (χ2n) is 5.14. The van der Waals surface area contributed by atoms with Crippen LogP contribution in [-0.4, -0.2) is 11.5 Å². The van der Waals surface area contributed by atoms with Crippen LogP contribution in [0.5, 0.6) is 0 Å². The first kappa shape index (κ1) is 13.2. The molecule has 1 aliphatic heterocycles. The highest BCUT2D eigenvalue weighted by atomic mass is 35.5. The van der Waals surface area contributed by atoms with Crippen molar-refractivity contribution in [2.75, 3.05) is 6.54 Å². The Bertz CT molecular complexity index is 731. The Kier molecular flexibility index (Phi) is 3.51. The Hall–Kier alpha value is -1.77. The topological polar surface area (TPSA) is 27.8 Å². The first-order valence-corrected chi connectivity index (χ1v) is 6.81. The van der Waals surface area contributed by atoms with Gasteiger partial charge in [-0.2, -0.15) is 0 Å². The van der Waals surface area contributed by atoms with Gasteiger partial charge < -0.3 is 10.3 Å². The summed E-state index contributed by atoms with van der Waals surface area (Å²) in [6, 6.07) is 17.3. The average molecular weight is 285 g/mol. The number of rotatable bonds is 1. The van der Waals surface area contributed by atoms with Gasteiger partial charge in [0.1, 0.15) is 0 Å². The first-order valence-electron chi connectivity index (χ1n) is 6.81. The smallest absolute Gasteiger partial charge is 0.0459 e. The maximum absolute atomic E-state index is 3.55. The molecule has 1 aromatic heterocycles. The van der Waals surface area contributed by atoms with Crippen molar-refractivity contribution in [2.24, 2.45) is 0 Å². The van der Waals surface area contributed by atoms with E-state index in [2.05, 4.69) is 58.8 Å². The zero-order valence-electron chi connectivity index (χ0n) is 11.1. The number of benzene rings is 2. The monoisotopic (exact) mass is 284 g/mol. The molecule has 4 rings (SSSR count). The normalized spacial score (nSPS) is 13.8. The molecular weight excluding hydrogens is 268 g/mol. The zero-order valence-corrected chi connectivity index (χ0v) is 12.0. The summed E-state index contributed by atoms with van der Waals surface area (Å²) in [5.74, 6) is 0. The van der Waals surface area contributed by atoms with Gasteiger partial charge in [-0.1, -0.05) is 36.4 Å². The van der Waals surface area contributed by atoms with Crippen molar-refractivity contribution < 1.29 is 0 Å². The van der Waals surface area contributed by atoms with Gasteiger partial charge in [-0.05, 0) is 28.8 Å². The summed E-state index contributed by atoms with van der Waals surface area (Å²) < 4.78 is 0. The molecule has 1 aliphatic rings. The van der Waals surface area contributed by atoms with Gasteiger partial charge in [0, 0.05) is 36.1 Å². The van der Waals surface area contributed by atoms with E-state index in [4.69, 9.17) is 0 Å². The van der Waals surface area contributed by atoms with Crippen molar-refractivity contribution in [1.29, 1.82) is 0 Å². The van der Waals surface area contributed by atoms with E-state index in [0.717, 1.165) is 19.5 Å². The molecule has 20 heavy (non-hydrogen) atoms. The molecule has 0 atom stereocenters. The summed E-state index contributed by atoms with van der Waals surface area (Å²) in [5.41, 5.74) is 6.68. The minimum atomic E-state index is 0. The van der Waals surface area contributed by atoms with E-state index >= 15 is 0 Å². The van der Waals surface area contributed by atoms with Crippen LogP contribution in [0.4, 0.5) is 0 Å². The summed E-state index contributed by atoms with van der Waals surface area (Å²) in [4.78, 5) is 3.55. The third-order valence-corrected chi connectivity index (χ3v) is 3.96. The number of hydrogen-bond donors (Lipinski definition) is 2. The molecule has 0 aliphatic carbocycles. The van der Waals surface area contributed by atoms with Gasteiger partial charge >= 0.3 is 0 Å². The number of hydrogen-bond acceptors (Lipinski definition) is 1. The highest BCUT2D eigenvalue weighted by molar-refractivity contribution is 5.89. The molecule has 2 heterocycles. The Morgan fingerprint density at radius 3 is 2.60 bits per heavy atom. The van der Waals surface area contributed by atoms with Crippen LogP contribution in [0.15, 0.2) is 48.5 Å². The van der Waals surface area contributed by atoms with E-state index in [9.17, 15) is 0 Å². The number of H-pyrrole nitrogens is 1. The maximum Gasteiger partial charge on any atom is 0.0459 e. The molecule has 2 N–H and O–H groups in total. The SMILES string of the molecule is Cl.c1ccc(-c2ccc3[nH]c4c(c3c2)CNCC4)cc1. The molecule has 0 saturated heterocycles. The average Bonchev–Trinajstić information content (AvgIpc) is 2.86. The van der Waals surface area contributed by atoms with Gasteiger partial charge in [-0.25, -0.2) is 0 Å². The van der Waals surface area contributed by atoms with E-state index in [0.29, 0.717) is 0 Å². The van der Waals surface area contributed by atoms with Crippen molar-refractivity contribution in [3.63, 3.8) is 0 Å². The van der Waals surface area contributed by atoms with Gasteiger partial charge in [-0.3, -0.25) is 0 Å². The van der Waals surface area contributed by atoms with E-state index < -0.39 is 0 Å². The van der Waals surface area contributed by atoms with Crippen LogP contribution in [0, 0.1) is 0 Å². The Labute approximate surface area is 124 Å². The number of aromatic nitrogens is 1. The highest BCUT2D eigenvalue weighted by Gasteiger charge is 2.15. The van der Waals surface area contributed by atoms with Crippen LogP contribution in [0.3, 0.4) is 0 Å². The second kappa shape index (κ2) is 5.31. The summed E-state index contributed by atoms with van der Waals surface area (Å²) in [6.07, 6.45) is 1.10. The number of aromatic amines is 1. The molecule has 0 saturated carbocycles. The van der Waals surface area contributed by atoms with Crippen LogP contribution >= 0.6 is 12.4 Å². The van der Waals surface area contributed by atoms with E-state index in [1.807, 2.05) is 0 Å². The highest BCUT2D eigenvalue weighted by Crippen LogP contribution is 2.29. The summed E-state index contributed by atoms with van der Waals surface area (Å²) in [7, 11) is 0. The second-order valence-corrected chi connectivity index (χ2v) is 5.14. The molecule has 2 nitrogen and oxygen atoms in total. The molecule has 0 fully saturated rings. The fourth-order valence-electron chi connectivity index (χ4n) is 2.96. The fraction of sp³-hybridized carbons (Fsp3) is 0.176. The Morgan fingerprint density at radius 1 is 0.900 bits per heavy atom. The lowest BCUT2D eigenvalue weighted by Crippen LogP contribution is -2.22. The molecule has 0 bridgehead atoms. The zero-order chi connectivity index (χ0) is 12.7. The van der Waals surface area contributed by atoms with Crippen LogP contribution in [0.1, 0.15) is 11.3 Å². The molecule has 0 spiro atoms. The van der Waals surface area contributed by atoms with Gasteiger partial charge in [0.25, 0.3) is 0 Å². The Morgan fingerprint density at radius 2 is 1.75 bits per heavy atom. The molecule has 0 radical (unpaired) electrons. The van der Waals surface area contributed by atoms with Crippen LogP contribution in [0.25, 0.3) is 22.0 Å². The van der Waals surface area contributed by atoms with Gasteiger partial charge in [0.2, 0.25) is 0 Å². The molecule has 0 unspecified atom stereocenters. The minimum absolute atomic E-state index is 0. The number of nitrogens with one attached hydrogen (secondary N) is 2. The number of halogens is 1. The van der Waals surface area contributed by atoms with Gasteiger partial charge in [0.05, 0.1) is 0 Å². The van der Waals surface area contributed by atoms with Crippen LogP contribution in [0.2, 0.25) is 0 Å². The third-order valence-electron chi connectivity index (χ3n) is 3.96. The van der Waals surface area contributed by atoms with Crippen molar-refractivity contribution >= 4 is 23.3 Å². The molecule has 102 valence electrons. The molecule has 3 heteroatoms. The molecule has 3 aromatic rings. The van der Waals surface area contributed by atoms with Gasteiger partial charge in [0.15, 0.2) is 0 Å². The minimum Gasteiger partial charge on any atom is -0.358 e. The lowest BCUT2D eigenvalue weighted by Gasteiger charge is -2.12. The summed E-state index contributed by atoms with van der Waals surface area (Å²) >= 11 is 0.